The van der Waals surface area contributed by atoms with Crippen molar-refractivity contribution in [3.05, 3.63) is 12.3 Å². The molecule has 0 aliphatic carbocycles. The van der Waals surface area contributed by atoms with Crippen molar-refractivity contribution < 1.29 is 4.74 Å². The molecule has 0 amide bonds. The molecule has 2 rings (SSSR count). The molecule has 1 fully saturated rings. The Kier molecular flexibility index (Phi) is 4.14. The summed E-state index contributed by atoms with van der Waals surface area (Å²) in [6.45, 7) is 6.16. The Morgan fingerprint density at radius 3 is 2.88 bits per heavy atom. The lowest BCUT2D eigenvalue weighted by atomic mass is 10.1. The molecule has 0 aromatic carbocycles. The van der Waals surface area contributed by atoms with Crippen molar-refractivity contribution in [3.8, 4) is 5.88 Å². The minimum atomic E-state index is 0.276. The van der Waals surface area contributed by atoms with Crippen LogP contribution in [-0.4, -0.2) is 35.2 Å². The first-order valence-electron chi connectivity index (χ1n) is 6.21. The average Bonchev–Trinajstić information content (AvgIpc) is 2.30. The van der Waals surface area contributed by atoms with E-state index < -0.39 is 0 Å². The number of aromatic nitrogens is 2. The van der Waals surface area contributed by atoms with Gasteiger partial charge in [-0.05, 0) is 39.8 Å². The Balaban J connectivity index is 1.95. The average molecular weight is 236 g/mol. The van der Waals surface area contributed by atoms with E-state index in [4.69, 9.17) is 4.74 Å². The second-order valence-electron chi connectivity index (χ2n) is 4.58. The first kappa shape index (κ1) is 12.1. The highest BCUT2D eigenvalue weighted by atomic mass is 16.5. The number of hydrogen-bond acceptors (Lipinski definition) is 5. The van der Waals surface area contributed by atoms with Crippen LogP contribution in [0.25, 0.3) is 0 Å². The van der Waals surface area contributed by atoms with E-state index in [0.717, 1.165) is 25.9 Å². The van der Waals surface area contributed by atoms with E-state index >= 15 is 0 Å². The van der Waals surface area contributed by atoms with Gasteiger partial charge >= 0.3 is 0 Å². The second kappa shape index (κ2) is 5.82. The molecular weight excluding hydrogens is 216 g/mol. The Hall–Kier alpha value is -1.36. The quantitative estimate of drug-likeness (QED) is 0.828. The van der Waals surface area contributed by atoms with Crippen LogP contribution in [0.3, 0.4) is 0 Å². The molecule has 1 aliphatic rings. The van der Waals surface area contributed by atoms with Gasteiger partial charge in [-0.3, -0.25) is 0 Å². The van der Waals surface area contributed by atoms with Crippen LogP contribution >= 0.6 is 0 Å². The number of hydrogen-bond donors (Lipinski definition) is 2. The van der Waals surface area contributed by atoms with Crippen molar-refractivity contribution in [2.24, 2.45) is 0 Å². The molecule has 2 heterocycles. The maximum absolute atomic E-state index is 5.85. The summed E-state index contributed by atoms with van der Waals surface area (Å²) < 4.78 is 5.85. The largest absolute Gasteiger partial charge is 0.474 e. The van der Waals surface area contributed by atoms with Gasteiger partial charge in [0.25, 0.3) is 0 Å². The maximum atomic E-state index is 5.85. The minimum Gasteiger partial charge on any atom is -0.474 e. The van der Waals surface area contributed by atoms with Gasteiger partial charge in [0.05, 0.1) is 0 Å². The molecule has 0 bridgehead atoms. The smallest absolute Gasteiger partial charge is 0.226 e. The Labute approximate surface area is 102 Å². The number of piperidine rings is 1. The number of nitrogens with zero attached hydrogens (tertiary/aromatic N) is 2. The van der Waals surface area contributed by atoms with Crippen LogP contribution in [-0.2, 0) is 0 Å². The lowest BCUT2D eigenvalue weighted by molar-refractivity contribution is 0.156. The molecule has 0 saturated carbocycles. The molecule has 2 N–H and O–H groups in total. The molecule has 5 heteroatoms. The van der Waals surface area contributed by atoms with E-state index in [1.165, 1.54) is 0 Å². The van der Waals surface area contributed by atoms with Crippen molar-refractivity contribution in [1.29, 1.82) is 0 Å². The minimum absolute atomic E-state index is 0.276. The zero-order valence-corrected chi connectivity index (χ0v) is 10.4. The van der Waals surface area contributed by atoms with E-state index in [2.05, 4.69) is 34.4 Å². The lowest BCUT2D eigenvalue weighted by Gasteiger charge is -2.23. The molecule has 0 atom stereocenters. The van der Waals surface area contributed by atoms with Gasteiger partial charge in [0.15, 0.2) is 0 Å². The van der Waals surface area contributed by atoms with Crippen LogP contribution in [0.4, 0.5) is 5.95 Å². The molecule has 5 nitrogen and oxygen atoms in total. The molecule has 0 radical (unpaired) electrons. The van der Waals surface area contributed by atoms with Crippen LogP contribution in [0.2, 0.25) is 0 Å². The monoisotopic (exact) mass is 236 g/mol. The normalized spacial score (nSPS) is 17.1. The number of rotatable bonds is 4. The summed E-state index contributed by atoms with van der Waals surface area (Å²) in [5.41, 5.74) is 0. The van der Waals surface area contributed by atoms with Crippen molar-refractivity contribution in [1.82, 2.24) is 15.3 Å². The highest BCUT2D eigenvalue weighted by Gasteiger charge is 2.15. The van der Waals surface area contributed by atoms with Crippen LogP contribution < -0.4 is 15.4 Å². The number of anilines is 1. The van der Waals surface area contributed by atoms with Gasteiger partial charge in [0, 0.05) is 18.3 Å². The van der Waals surface area contributed by atoms with E-state index in [1.807, 2.05) is 6.07 Å². The van der Waals surface area contributed by atoms with Gasteiger partial charge in [-0.15, -0.1) is 0 Å². The number of ether oxygens (including phenoxy) is 1. The van der Waals surface area contributed by atoms with Crippen molar-refractivity contribution in [2.45, 2.75) is 38.8 Å². The summed E-state index contributed by atoms with van der Waals surface area (Å²) in [6.07, 6.45) is 4.08. The van der Waals surface area contributed by atoms with E-state index in [0.29, 0.717) is 17.9 Å². The highest BCUT2D eigenvalue weighted by Crippen LogP contribution is 2.15. The lowest BCUT2D eigenvalue weighted by Crippen LogP contribution is -2.34. The van der Waals surface area contributed by atoms with Gasteiger partial charge < -0.3 is 15.4 Å². The van der Waals surface area contributed by atoms with Crippen molar-refractivity contribution in [2.75, 3.05) is 18.4 Å². The summed E-state index contributed by atoms with van der Waals surface area (Å²) in [7, 11) is 0. The zero-order chi connectivity index (χ0) is 12.1. The van der Waals surface area contributed by atoms with Crippen molar-refractivity contribution in [3.63, 3.8) is 0 Å². The summed E-state index contributed by atoms with van der Waals surface area (Å²) in [6, 6.07) is 2.14. The Morgan fingerprint density at radius 1 is 1.41 bits per heavy atom. The van der Waals surface area contributed by atoms with Gasteiger partial charge in [-0.1, -0.05) is 0 Å². The molecule has 1 saturated heterocycles. The predicted octanol–water partition coefficient (Wildman–Crippen LogP) is 1.43. The predicted molar refractivity (Wildman–Crippen MR) is 67.3 cm³/mol. The van der Waals surface area contributed by atoms with Crippen molar-refractivity contribution >= 4 is 5.95 Å². The molecule has 0 unspecified atom stereocenters. The fourth-order valence-electron chi connectivity index (χ4n) is 1.82. The Morgan fingerprint density at radius 2 is 2.18 bits per heavy atom. The highest BCUT2D eigenvalue weighted by molar-refractivity contribution is 5.28. The summed E-state index contributed by atoms with van der Waals surface area (Å²) in [5.74, 6) is 1.29. The molecular formula is C12H20N4O. The van der Waals surface area contributed by atoms with Gasteiger partial charge in [0.2, 0.25) is 11.8 Å². The molecule has 17 heavy (non-hydrogen) atoms. The molecule has 1 aromatic rings. The third-order valence-corrected chi connectivity index (χ3v) is 2.62. The second-order valence-corrected chi connectivity index (χ2v) is 4.58. The third kappa shape index (κ3) is 3.85. The summed E-state index contributed by atoms with van der Waals surface area (Å²) in [5, 5.41) is 6.48. The van der Waals surface area contributed by atoms with E-state index in [9.17, 15) is 0 Å². The van der Waals surface area contributed by atoms with E-state index in [1.54, 1.807) is 6.20 Å². The Bertz CT molecular complexity index is 350. The van der Waals surface area contributed by atoms with E-state index in [-0.39, 0.29) is 6.10 Å². The maximum Gasteiger partial charge on any atom is 0.226 e. The van der Waals surface area contributed by atoms with Crippen LogP contribution in [0.15, 0.2) is 12.3 Å². The zero-order valence-electron chi connectivity index (χ0n) is 10.4. The summed E-state index contributed by atoms with van der Waals surface area (Å²) >= 11 is 0. The van der Waals surface area contributed by atoms with Gasteiger partial charge in [-0.25, -0.2) is 4.98 Å². The molecule has 0 spiro atoms. The SMILES string of the molecule is CC(C)Nc1nccc(OC2CCNCC2)n1. The standard InChI is InChI=1S/C12H20N4O/c1-9(2)15-12-14-8-5-11(16-12)17-10-3-6-13-7-4-10/h5,8-10,13H,3-4,6-7H2,1-2H3,(H,14,15,16). The van der Waals surface area contributed by atoms with Crippen LogP contribution in [0.5, 0.6) is 5.88 Å². The first-order valence-corrected chi connectivity index (χ1v) is 6.21. The fraction of sp³-hybridized carbons (Fsp3) is 0.667. The molecule has 94 valence electrons. The van der Waals surface area contributed by atoms with Gasteiger partial charge in [-0.2, -0.15) is 4.98 Å². The topological polar surface area (TPSA) is 59.1 Å². The summed E-state index contributed by atoms with van der Waals surface area (Å²) in [4.78, 5) is 8.50. The van der Waals surface area contributed by atoms with Crippen LogP contribution in [0.1, 0.15) is 26.7 Å². The first-order chi connectivity index (χ1) is 8.24. The fourth-order valence-corrected chi connectivity index (χ4v) is 1.82. The van der Waals surface area contributed by atoms with Crippen LogP contribution in [0, 0.1) is 0 Å². The third-order valence-electron chi connectivity index (χ3n) is 2.62. The molecule has 1 aliphatic heterocycles. The number of nitrogens with one attached hydrogen (secondary N) is 2. The van der Waals surface area contributed by atoms with Gasteiger partial charge in [0.1, 0.15) is 6.10 Å². The molecule has 1 aromatic heterocycles.